The zero-order valence-electron chi connectivity index (χ0n) is 18.6. The van der Waals surface area contributed by atoms with Gasteiger partial charge in [0.2, 0.25) is 0 Å². The van der Waals surface area contributed by atoms with Crippen molar-refractivity contribution in [1.29, 1.82) is 0 Å². The molecule has 3 rings (SSSR count). The van der Waals surface area contributed by atoms with Gasteiger partial charge in [0.1, 0.15) is 5.54 Å². The summed E-state index contributed by atoms with van der Waals surface area (Å²) in [5.74, 6) is 1.08. The van der Waals surface area contributed by atoms with Crippen LogP contribution in [-0.2, 0) is 4.79 Å². The normalized spacial score (nSPS) is 20.9. The second-order valence-corrected chi connectivity index (χ2v) is 9.14. The van der Waals surface area contributed by atoms with Crippen LogP contribution in [0.4, 0.5) is 4.79 Å². The Bertz CT molecular complexity index is 695. The number of imide groups is 1. The second-order valence-electron chi connectivity index (χ2n) is 9.14. The van der Waals surface area contributed by atoms with E-state index in [1.165, 1.54) is 10.5 Å². The number of urea groups is 1. The first-order chi connectivity index (χ1) is 13.9. The molecule has 3 amide bonds. The van der Waals surface area contributed by atoms with Crippen LogP contribution in [0.25, 0.3) is 0 Å². The number of likely N-dealkylation sites (tertiary alicyclic amines) is 1. The number of likely N-dealkylation sites (N-methyl/N-ethyl adjacent to an activating group) is 1. The van der Waals surface area contributed by atoms with E-state index in [4.69, 9.17) is 0 Å². The van der Waals surface area contributed by atoms with Gasteiger partial charge in [0.05, 0.1) is 0 Å². The molecule has 2 heterocycles. The van der Waals surface area contributed by atoms with E-state index in [-0.39, 0.29) is 11.9 Å². The molecule has 2 fully saturated rings. The van der Waals surface area contributed by atoms with Gasteiger partial charge in [-0.2, -0.15) is 0 Å². The highest BCUT2D eigenvalue weighted by Crippen LogP contribution is 2.38. The molecule has 0 unspecified atom stereocenters. The molecule has 160 valence electrons. The lowest BCUT2D eigenvalue weighted by Gasteiger charge is -2.42. The minimum atomic E-state index is -0.608. The highest BCUT2D eigenvalue weighted by atomic mass is 16.2. The van der Waals surface area contributed by atoms with Crippen LogP contribution in [0.3, 0.4) is 0 Å². The van der Waals surface area contributed by atoms with Crippen molar-refractivity contribution in [2.24, 2.45) is 5.92 Å². The SMILES string of the molecule is CCN1C(=O)N(CCC(C)C)C2(CCN(CC[C@@H](C)c3ccccc3)CC2)C1=O. The fourth-order valence-electron chi connectivity index (χ4n) is 4.71. The molecule has 0 N–H and O–H groups in total. The van der Waals surface area contributed by atoms with Crippen LogP contribution >= 0.6 is 0 Å². The number of amides is 3. The lowest BCUT2D eigenvalue weighted by atomic mass is 9.85. The van der Waals surface area contributed by atoms with E-state index in [0.29, 0.717) is 24.9 Å². The van der Waals surface area contributed by atoms with Gasteiger partial charge in [-0.1, -0.05) is 51.1 Å². The van der Waals surface area contributed by atoms with Crippen LogP contribution < -0.4 is 0 Å². The van der Waals surface area contributed by atoms with Crippen LogP contribution in [0, 0.1) is 5.92 Å². The Morgan fingerprint density at radius 2 is 1.62 bits per heavy atom. The van der Waals surface area contributed by atoms with Gasteiger partial charge in [-0.15, -0.1) is 0 Å². The zero-order valence-corrected chi connectivity index (χ0v) is 18.6. The van der Waals surface area contributed by atoms with Crippen LogP contribution in [0.5, 0.6) is 0 Å². The standard InChI is InChI=1S/C24H37N3O2/c1-5-26-22(28)24(27(23(26)29)16-11-19(2)3)13-17-25(18-14-24)15-12-20(4)21-9-7-6-8-10-21/h6-10,19-20H,5,11-18H2,1-4H3/t20-/m1/s1. The number of piperidine rings is 1. The maximum Gasteiger partial charge on any atom is 0.327 e. The van der Waals surface area contributed by atoms with Crippen molar-refractivity contribution in [2.75, 3.05) is 32.7 Å². The molecule has 0 aliphatic carbocycles. The number of carbonyl (C=O) groups excluding carboxylic acids is 2. The first kappa shape index (κ1) is 21.8. The van der Waals surface area contributed by atoms with E-state index in [2.05, 4.69) is 56.0 Å². The first-order valence-electron chi connectivity index (χ1n) is 11.3. The molecule has 0 radical (unpaired) electrons. The average Bonchev–Trinajstić information content (AvgIpc) is 2.92. The summed E-state index contributed by atoms with van der Waals surface area (Å²) in [5, 5.41) is 0. The number of benzene rings is 1. The van der Waals surface area contributed by atoms with E-state index >= 15 is 0 Å². The van der Waals surface area contributed by atoms with Crippen LogP contribution in [-0.4, -0.2) is 64.9 Å². The molecule has 1 aromatic rings. The van der Waals surface area contributed by atoms with Crippen molar-refractivity contribution >= 4 is 11.9 Å². The molecule has 0 bridgehead atoms. The molecule has 0 aromatic heterocycles. The molecule has 2 aliphatic rings. The summed E-state index contributed by atoms with van der Waals surface area (Å²) >= 11 is 0. The summed E-state index contributed by atoms with van der Waals surface area (Å²) in [6, 6.07) is 10.6. The van der Waals surface area contributed by atoms with Gasteiger partial charge in [-0.25, -0.2) is 4.79 Å². The second kappa shape index (κ2) is 9.29. The largest absolute Gasteiger partial charge is 0.327 e. The molecule has 1 atom stereocenters. The van der Waals surface area contributed by atoms with Crippen molar-refractivity contribution in [1.82, 2.24) is 14.7 Å². The highest BCUT2D eigenvalue weighted by molar-refractivity contribution is 6.07. The predicted octanol–water partition coefficient (Wildman–Crippen LogP) is 4.35. The summed E-state index contributed by atoms with van der Waals surface area (Å²) in [7, 11) is 0. The molecular formula is C24H37N3O2. The van der Waals surface area contributed by atoms with Gasteiger partial charge in [0.25, 0.3) is 5.91 Å². The van der Waals surface area contributed by atoms with Gasteiger partial charge in [0.15, 0.2) is 0 Å². The molecule has 5 nitrogen and oxygen atoms in total. The van der Waals surface area contributed by atoms with Crippen LogP contribution in [0.15, 0.2) is 30.3 Å². The Hall–Kier alpha value is -1.88. The van der Waals surface area contributed by atoms with Gasteiger partial charge >= 0.3 is 6.03 Å². The van der Waals surface area contributed by atoms with E-state index < -0.39 is 5.54 Å². The van der Waals surface area contributed by atoms with E-state index in [9.17, 15) is 9.59 Å². The van der Waals surface area contributed by atoms with Crippen LogP contribution in [0.1, 0.15) is 64.9 Å². The minimum absolute atomic E-state index is 0.0334. The first-order valence-corrected chi connectivity index (χ1v) is 11.3. The van der Waals surface area contributed by atoms with Crippen LogP contribution in [0.2, 0.25) is 0 Å². The molecule has 5 heteroatoms. The Morgan fingerprint density at radius 3 is 2.21 bits per heavy atom. The fourth-order valence-corrected chi connectivity index (χ4v) is 4.71. The smallest absolute Gasteiger partial charge is 0.309 e. The summed E-state index contributed by atoms with van der Waals surface area (Å²) in [6.07, 6.45) is 3.57. The minimum Gasteiger partial charge on any atom is -0.309 e. The third-order valence-corrected chi connectivity index (χ3v) is 6.80. The topological polar surface area (TPSA) is 43.9 Å². The number of carbonyl (C=O) groups is 2. The summed E-state index contributed by atoms with van der Waals surface area (Å²) in [6.45, 7) is 12.5. The molecule has 0 saturated carbocycles. The molecule has 2 saturated heterocycles. The third kappa shape index (κ3) is 4.50. The lowest BCUT2D eigenvalue weighted by molar-refractivity contribution is -0.135. The Kier molecular flexibility index (Phi) is 6.99. The number of hydrogen-bond donors (Lipinski definition) is 0. The van der Waals surface area contributed by atoms with Crippen molar-refractivity contribution in [3.8, 4) is 0 Å². The van der Waals surface area contributed by atoms with Crippen molar-refractivity contribution in [2.45, 2.75) is 64.8 Å². The summed E-state index contributed by atoms with van der Waals surface area (Å²) in [5.41, 5.74) is 0.778. The Labute approximate surface area is 176 Å². The van der Waals surface area contributed by atoms with Gasteiger partial charge < -0.3 is 9.80 Å². The molecule has 1 aromatic carbocycles. The maximum absolute atomic E-state index is 13.2. The monoisotopic (exact) mass is 399 g/mol. The van der Waals surface area contributed by atoms with E-state index in [1.807, 2.05) is 11.8 Å². The number of hydrogen-bond acceptors (Lipinski definition) is 3. The number of rotatable bonds is 8. The van der Waals surface area contributed by atoms with Crippen molar-refractivity contribution < 1.29 is 9.59 Å². The lowest BCUT2D eigenvalue weighted by Crippen LogP contribution is -2.57. The maximum atomic E-state index is 13.2. The predicted molar refractivity (Wildman–Crippen MR) is 117 cm³/mol. The molecule has 1 spiro atoms. The van der Waals surface area contributed by atoms with Crippen molar-refractivity contribution in [3.05, 3.63) is 35.9 Å². The molecule has 2 aliphatic heterocycles. The average molecular weight is 400 g/mol. The van der Waals surface area contributed by atoms with E-state index in [0.717, 1.165) is 45.3 Å². The molecular weight excluding hydrogens is 362 g/mol. The number of nitrogens with zero attached hydrogens (tertiary/aromatic N) is 3. The van der Waals surface area contributed by atoms with Crippen molar-refractivity contribution in [3.63, 3.8) is 0 Å². The van der Waals surface area contributed by atoms with Gasteiger partial charge in [0, 0.05) is 26.2 Å². The Balaban J connectivity index is 1.61. The molecule has 29 heavy (non-hydrogen) atoms. The highest BCUT2D eigenvalue weighted by Gasteiger charge is 2.57. The Morgan fingerprint density at radius 1 is 0.966 bits per heavy atom. The van der Waals surface area contributed by atoms with Gasteiger partial charge in [-0.05, 0) is 56.6 Å². The third-order valence-electron chi connectivity index (χ3n) is 6.80. The zero-order chi connectivity index (χ0) is 21.0. The van der Waals surface area contributed by atoms with E-state index in [1.54, 1.807) is 0 Å². The van der Waals surface area contributed by atoms with Gasteiger partial charge in [-0.3, -0.25) is 9.69 Å². The summed E-state index contributed by atoms with van der Waals surface area (Å²) < 4.78 is 0. The fraction of sp³-hybridized carbons (Fsp3) is 0.667. The quantitative estimate of drug-likeness (QED) is 0.611. The summed E-state index contributed by atoms with van der Waals surface area (Å²) in [4.78, 5) is 31.9.